The van der Waals surface area contributed by atoms with Crippen LogP contribution in [0.5, 0.6) is 11.5 Å². The molecule has 0 amide bonds. The number of fused-ring (bicyclic) bond motifs is 4. The van der Waals surface area contributed by atoms with Gasteiger partial charge >= 0.3 is 0 Å². The predicted octanol–water partition coefficient (Wildman–Crippen LogP) is 5.27. The highest BCUT2D eigenvalue weighted by Crippen LogP contribution is 2.49. The van der Waals surface area contributed by atoms with E-state index in [1.54, 1.807) is 0 Å². The highest BCUT2D eigenvalue weighted by molar-refractivity contribution is 5.98. The molecule has 2 N–H and O–H groups in total. The van der Waals surface area contributed by atoms with E-state index >= 15 is 0 Å². The Bertz CT molecular complexity index is 938. The number of nitrogens with zero attached hydrogens (tertiary/aromatic N) is 2. The lowest BCUT2D eigenvalue weighted by Crippen LogP contribution is -2.36. The van der Waals surface area contributed by atoms with Crippen LogP contribution < -0.4 is 15.0 Å². The summed E-state index contributed by atoms with van der Waals surface area (Å²) < 4.78 is 6.36. The van der Waals surface area contributed by atoms with Crippen molar-refractivity contribution in [1.82, 2.24) is 10.2 Å². The average Bonchev–Trinajstić information content (AvgIpc) is 3.11. The normalized spacial score (nSPS) is 24.5. The fraction of sp³-hybridized carbons (Fsp3) is 0.480. The second-order valence-electron chi connectivity index (χ2n) is 8.75. The third kappa shape index (κ3) is 3.35. The first-order chi connectivity index (χ1) is 14.7. The zero-order chi connectivity index (χ0) is 20.7. The van der Waals surface area contributed by atoms with Crippen LogP contribution in [0.25, 0.3) is 0 Å². The van der Waals surface area contributed by atoms with Crippen LogP contribution in [0.3, 0.4) is 0 Å². The quantitative estimate of drug-likeness (QED) is 0.538. The van der Waals surface area contributed by atoms with E-state index in [2.05, 4.69) is 65.4 Å². The van der Waals surface area contributed by atoms with Crippen LogP contribution in [-0.4, -0.2) is 42.0 Å². The van der Waals surface area contributed by atoms with Crippen LogP contribution in [0.4, 0.5) is 11.4 Å². The highest BCUT2D eigenvalue weighted by Gasteiger charge is 2.36. The summed E-state index contributed by atoms with van der Waals surface area (Å²) in [6, 6.07) is 16.5. The average molecular weight is 405 g/mol. The molecule has 158 valence electrons. The van der Waals surface area contributed by atoms with Gasteiger partial charge in [-0.15, -0.1) is 0 Å². The van der Waals surface area contributed by atoms with E-state index in [1.165, 1.54) is 37.8 Å². The van der Waals surface area contributed by atoms with Gasteiger partial charge in [0.15, 0.2) is 11.5 Å². The number of rotatable bonds is 4. The Hall–Kier alpha value is -2.53. The minimum atomic E-state index is 0.463. The van der Waals surface area contributed by atoms with Gasteiger partial charge in [-0.1, -0.05) is 12.1 Å². The third-order valence-electron chi connectivity index (χ3n) is 7.02. The summed E-state index contributed by atoms with van der Waals surface area (Å²) >= 11 is 0. The molecule has 3 heterocycles. The van der Waals surface area contributed by atoms with Crippen molar-refractivity contribution in [3.8, 4) is 11.5 Å². The molecule has 5 rings (SSSR count). The van der Waals surface area contributed by atoms with Crippen molar-refractivity contribution in [2.45, 2.75) is 64.1 Å². The van der Waals surface area contributed by atoms with E-state index in [-0.39, 0.29) is 0 Å². The molecule has 2 aromatic carbocycles. The maximum Gasteiger partial charge on any atom is 0.151 e. The number of hydrogen-bond donors (Lipinski definition) is 2. The van der Waals surface area contributed by atoms with Crippen molar-refractivity contribution in [2.75, 3.05) is 18.0 Å². The monoisotopic (exact) mass is 404 g/mol. The highest BCUT2D eigenvalue weighted by atomic mass is 16.5. The lowest BCUT2D eigenvalue weighted by atomic mass is 9.94. The van der Waals surface area contributed by atoms with Gasteiger partial charge in [-0.05, 0) is 76.3 Å². The van der Waals surface area contributed by atoms with Crippen molar-refractivity contribution in [1.29, 1.82) is 5.41 Å². The molecule has 5 nitrogen and oxygen atoms in total. The van der Waals surface area contributed by atoms with E-state index in [4.69, 9.17) is 10.1 Å². The summed E-state index contributed by atoms with van der Waals surface area (Å²) in [5, 5.41) is 12.5. The fourth-order valence-electron chi connectivity index (χ4n) is 5.44. The molecule has 0 aliphatic carbocycles. The molecule has 2 bridgehead atoms. The molecule has 3 atom stereocenters. The zero-order valence-corrected chi connectivity index (χ0v) is 18.0. The van der Waals surface area contributed by atoms with Crippen molar-refractivity contribution in [3.63, 3.8) is 0 Å². The topological polar surface area (TPSA) is 51.6 Å². The Labute approximate surface area is 179 Å². The van der Waals surface area contributed by atoms with Crippen LogP contribution in [0, 0.1) is 5.41 Å². The van der Waals surface area contributed by atoms with Crippen LogP contribution in [0.2, 0.25) is 0 Å². The number of ether oxygens (including phenoxy) is 1. The summed E-state index contributed by atoms with van der Waals surface area (Å²) in [4.78, 5) is 4.59. The van der Waals surface area contributed by atoms with Gasteiger partial charge in [0, 0.05) is 36.8 Å². The van der Waals surface area contributed by atoms with Crippen molar-refractivity contribution < 1.29 is 4.74 Å². The predicted molar refractivity (Wildman–Crippen MR) is 122 cm³/mol. The molecule has 30 heavy (non-hydrogen) atoms. The molecule has 2 aromatic rings. The Morgan fingerprint density at radius 1 is 1.00 bits per heavy atom. The SMILES string of the molecule is CCN(CC)C(=N)c1ccc2c(c1)Oc1ccccc1N2C1CCC2CCC(C1)N2. The number of benzene rings is 2. The second kappa shape index (κ2) is 7.95. The molecule has 3 unspecified atom stereocenters. The van der Waals surface area contributed by atoms with Crippen LogP contribution in [0.15, 0.2) is 42.5 Å². The van der Waals surface area contributed by atoms with Crippen LogP contribution in [-0.2, 0) is 0 Å². The Kier molecular flexibility index (Phi) is 5.15. The first kappa shape index (κ1) is 19.4. The maximum absolute atomic E-state index is 8.63. The molecule has 3 aliphatic rings. The zero-order valence-electron chi connectivity index (χ0n) is 18.0. The smallest absolute Gasteiger partial charge is 0.151 e. The molecule has 0 saturated carbocycles. The minimum Gasteiger partial charge on any atom is -0.453 e. The molecule has 2 fully saturated rings. The van der Waals surface area contributed by atoms with Crippen molar-refractivity contribution in [2.24, 2.45) is 0 Å². The summed E-state index contributed by atoms with van der Waals surface area (Å²) in [5.41, 5.74) is 3.21. The molecular weight excluding hydrogens is 372 g/mol. The van der Waals surface area contributed by atoms with E-state index in [9.17, 15) is 0 Å². The van der Waals surface area contributed by atoms with E-state index in [0.29, 0.717) is 24.0 Å². The van der Waals surface area contributed by atoms with Gasteiger partial charge in [0.25, 0.3) is 0 Å². The Morgan fingerprint density at radius 3 is 2.57 bits per heavy atom. The minimum absolute atomic E-state index is 0.463. The number of anilines is 2. The van der Waals surface area contributed by atoms with E-state index in [0.717, 1.165) is 35.8 Å². The Morgan fingerprint density at radius 2 is 1.73 bits per heavy atom. The van der Waals surface area contributed by atoms with Gasteiger partial charge in [-0.3, -0.25) is 5.41 Å². The largest absolute Gasteiger partial charge is 0.453 e. The summed E-state index contributed by atoms with van der Waals surface area (Å²) in [7, 11) is 0. The van der Waals surface area contributed by atoms with Crippen LogP contribution in [0.1, 0.15) is 51.5 Å². The maximum atomic E-state index is 8.63. The first-order valence-corrected chi connectivity index (χ1v) is 11.5. The van der Waals surface area contributed by atoms with Gasteiger partial charge in [0.05, 0.1) is 11.4 Å². The first-order valence-electron chi connectivity index (χ1n) is 11.5. The molecule has 5 heteroatoms. The standard InChI is InChI=1S/C25H32N4O/c1-3-28(4-2)25(26)17-9-14-22-24(15-17)30-23-8-6-5-7-21(23)29(22)20-13-12-18-10-11-19(16-20)27-18/h5-9,14-15,18-20,26-27H,3-4,10-13,16H2,1-2H3. The molecule has 3 aliphatic heterocycles. The molecule has 2 saturated heterocycles. The number of para-hydroxylation sites is 2. The van der Waals surface area contributed by atoms with Crippen molar-refractivity contribution in [3.05, 3.63) is 48.0 Å². The van der Waals surface area contributed by atoms with Gasteiger partial charge in [-0.25, -0.2) is 0 Å². The lowest BCUT2D eigenvalue weighted by Gasteiger charge is -2.39. The number of hydrogen-bond acceptors (Lipinski definition) is 4. The third-order valence-corrected chi connectivity index (χ3v) is 7.02. The number of nitrogens with one attached hydrogen (secondary N) is 2. The Balaban J connectivity index is 1.53. The van der Waals surface area contributed by atoms with Crippen LogP contribution >= 0.6 is 0 Å². The molecule has 0 aromatic heterocycles. The van der Waals surface area contributed by atoms with E-state index in [1.807, 2.05) is 6.07 Å². The van der Waals surface area contributed by atoms with Gasteiger partial charge in [0.2, 0.25) is 0 Å². The van der Waals surface area contributed by atoms with E-state index < -0.39 is 0 Å². The van der Waals surface area contributed by atoms with Gasteiger partial charge < -0.3 is 19.9 Å². The second-order valence-corrected chi connectivity index (χ2v) is 8.75. The lowest BCUT2D eigenvalue weighted by molar-refractivity contribution is 0.441. The summed E-state index contributed by atoms with van der Waals surface area (Å²) in [5.74, 6) is 2.34. The summed E-state index contributed by atoms with van der Waals surface area (Å²) in [6.07, 6.45) is 6.21. The van der Waals surface area contributed by atoms with Gasteiger partial charge in [-0.2, -0.15) is 0 Å². The molecular formula is C25H32N4O. The summed E-state index contributed by atoms with van der Waals surface area (Å²) in [6.45, 7) is 5.86. The van der Waals surface area contributed by atoms with Gasteiger partial charge in [0.1, 0.15) is 5.84 Å². The number of amidine groups is 1. The molecule has 0 radical (unpaired) electrons. The fourth-order valence-corrected chi connectivity index (χ4v) is 5.44. The molecule has 0 spiro atoms. The van der Waals surface area contributed by atoms with Crippen molar-refractivity contribution >= 4 is 17.2 Å².